The highest BCUT2D eigenvalue weighted by Gasteiger charge is 2.24. The Morgan fingerprint density at radius 3 is 3.06 bits per heavy atom. The van der Waals surface area contributed by atoms with E-state index in [1.165, 1.54) is 5.56 Å². The van der Waals surface area contributed by atoms with Crippen LogP contribution >= 0.6 is 0 Å². The summed E-state index contributed by atoms with van der Waals surface area (Å²) in [5.74, 6) is 0. The fraction of sp³-hybridized carbons (Fsp3) is 0.643. The van der Waals surface area contributed by atoms with Gasteiger partial charge in [-0.1, -0.05) is 6.07 Å². The van der Waals surface area contributed by atoms with E-state index < -0.39 is 5.60 Å². The number of nitrogens with zero attached hydrogens (tertiary/aromatic N) is 2. The molecule has 0 aromatic carbocycles. The van der Waals surface area contributed by atoms with Crippen molar-refractivity contribution in [2.24, 2.45) is 0 Å². The molecule has 1 aliphatic rings. The molecule has 1 saturated heterocycles. The van der Waals surface area contributed by atoms with Gasteiger partial charge in [-0.15, -0.1) is 0 Å². The smallest absolute Gasteiger partial charge is 0.0632 e. The van der Waals surface area contributed by atoms with Gasteiger partial charge in [0.05, 0.1) is 5.60 Å². The van der Waals surface area contributed by atoms with E-state index in [1.807, 2.05) is 25.4 Å². The van der Waals surface area contributed by atoms with Crippen molar-refractivity contribution in [2.45, 2.75) is 38.2 Å². The lowest BCUT2D eigenvalue weighted by Gasteiger charge is -2.22. The number of hydrogen-bond donors (Lipinski definition) is 1. The molecule has 1 fully saturated rings. The van der Waals surface area contributed by atoms with Gasteiger partial charge in [0.2, 0.25) is 0 Å². The second kappa shape index (κ2) is 5.61. The number of hydrogen-bond acceptors (Lipinski definition) is 3. The maximum absolute atomic E-state index is 10.0. The maximum atomic E-state index is 10.0. The van der Waals surface area contributed by atoms with Crippen molar-refractivity contribution in [1.82, 2.24) is 9.88 Å². The fourth-order valence-corrected chi connectivity index (χ4v) is 2.38. The van der Waals surface area contributed by atoms with Gasteiger partial charge in [0.15, 0.2) is 0 Å². The SMILES string of the molecule is CC1(O)CCCN(CCc2cccnc2)CC1. The van der Waals surface area contributed by atoms with E-state index in [1.54, 1.807) is 0 Å². The summed E-state index contributed by atoms with van der Waals surface area (Å²) in [4.78, 5) is 6.58. The predicted octanol–water partition coefficient (Wildman–Crippen LogP) is 1.86. The second-order valence-electron chi connectivity index (χ2n) is 5.30. The Bertz CT molecular complexity index is 337. The number of pyridine rings is 1. The third kappa shape index (κ3) is 4.10. The van der Waals surface area contributed by atoms with Crippen molar-refractivity contribution in [2.75, 3.05) is 19.6 Å². The molecular weight excluding hydrogens is 212 g/mol. The van der Waals surface area contributed by atoms with Crippen LogP contribution in [0, 0.1) is 0 Å². The zero-order chi connectivity index (χ0) is 12.1. The summed E-state index contributed by atoms with van der Waals surface area (Å²) in [7, 11) is 0. The maximum Gasteiger partial charge on any atom is 0.0632 e. The molecule has 0 bridgehead atoms. The van der Waals surface area contributed by atoms with Crippen molar-refractivity contribution in [1.29, 1.82) is 0 Å². The van der Waals surface area contributed by atoms with Gasteiger partial charge in [-0.05, 0) is 50.8 Å². The minimum atomic E-state index is -0.455. The summed E-state index contributed by atoms with van der Waals surface area (Å²) in [6, 6.07) is 4.11. The molecule has 1 N–H and O–H groups in total. The first-order valence-electron chi connectivity index (χ1n) is 6.49. The van der Waals surface area contributed by atoms with Crippen molar-refractivity contribution >= 4 is 0 Å². The van der Waals surface area contributed by atoms with Crippen LogP contribution < -0.4 is 0 Å². The minimum Gasteiger partial charge on any atom is -0.390 e. The Morgan fingerprint density at radius 1 is 1.41 bits per heavy atom. The number of rotatable bonds is 3. The van der Waals surface area contributed by atoms with Crippen LogP contribution in [0.2, 0.25) is 0 Å². The number of aromatic nitrogens is 1. The molecule has 0 spiro atoms. The molecule has 3 nitrogen and oxygen atoms in total. The molecule has 0 amide bonds. The highest BCUT2D eigenvalue weighted by Crippen LogP contribution is 2.21. The quantitative estimate of drug-likeness (QED) is 0.867. The molecule has 2 heterocycles. The predicted molar refractivity (Wildman–Crippen MR) is 68.9 cm³/mol. The summed E-state index contributed by atoms with van der Waals surface area (Å²) in [5.41, 5.74) is 0.840. The fourth-order valence-electron chi connectivity index (χ4n) is 2.38. The average Bonchev–Trinajstić information content (AvgIpc) is 2.49. The van der Waals surface area contributed by atoms with E-state index >= 15 is 0 Å². The van der Waals surface area contributed by atoms with E-state index in [0.717, 1.165) is 45.3 Å². The zero-order valence-electron chi connectivity index (χ0n) is 10.6. The van der Waals surface area contributed by atoms with Crippen LogP contribution in [0.25, 0.3) is 0 Å². The molecule has 94 valence electrons. The van der Waals surface area contributed by atoms with Gasteiger partial charge in [0.25, 0.3) is 0 Å². The normalized spacial score (nSPS) is 26.7. The largest absolute Gasteiger partial charge is 0.390 e. The molecule has 17 heavy (non-hydrogen) atoms. The lowest BCUT2D eigenvalue weighted by Crippen LogP contribution is -2.29. The standard InChI is InChI=1S/C14H22N2O/c1-14(17)6-3-9-16(11-7-14)10-5-13-4-2-8-15-12-13/h2,4,8,12,17H,3,5-7,9-11H2,1H3. The molecule has 1 aromatic heterocycles. The van der Waals surface area contributed by atoms with Crippen molar-refractivity contribution in [3.63, 3.8) is 0 Å². The third-order valence-corrected chi connectivity index (χ3v) is 3.60. The van der Waals surface area contributed by atoms with Crippen LogP contribution in [0.5, 0.6) is 0 Å². The number of likely N-dealkylation sites (tertiary alicyclic amines) is 1. The molecule has 3 heteroatoms. The molecule has 2 rings (SSSR count). The second-order valence-corrected chi connectivity index (χ2v) is 5.30. The summed E-state index contributed by atoms with van der Waals surface area (Å²) >= 11 is 0. The Labute approximate surface area is 103 Å². The summed E-state index contributed by atoms with van der Waals surface area (Å²) in [6.07, 6.45) is 7.72. The van der Waals surface area contributed by atoms with E-state index in [-0.39, 0.29) is 0 Å². The van der Waals surface area contributed by atoms with Crippen molar-refractivity contribution < 1.29 is 5.11 Å². The van der Waals surface area contributed by atoms with Crippen LogP contribution in [-0.4, -0.2) is 40.2 Å². The van der Waals surface area contributed by atoms with Crippen molar-refractivity contribution in [3.8, 4) is 0 Å². The molecule has 1 atom stereocenters. The lowest BCUT2D eigenvalue weighted by atomic mass is 9.98. The van der Waals surface area contributed by atoms with Crippen LogP contribution in [0.15, 0.2) is 24.5 Å². The van der Waals surface area contributed by atoms with E-state index in [9.17, 15) is 5.11 Å². The van der Waals surface area contributed by atoms with E-state index in [2.05, 4.69) is 16.0 Å². The van der Waals surface area contributed by atoms with Crippen molar-refractivity contribution in [3.05, 3.63) is 30.1 Å². The van der Waals surface area contributed by atoms with E-state index in [4.69, 9.17) is 0 Å². The van der Waals surface area contributed by atoms with Crippen LogP contribution in [0.4, 0.5) is 0 Å². The van der Waals surface area contributed by atoms with Gasteiger partial charge in [-0.2, -0.15) is 0 Å². The van der Waals surface area contributed by atoms with Gasteiger partial charge >= 0.3 is 0 Å². The first-order valence-corrected chi connectivity index (χ1v) is 6.49. The van der Waals surface area contributed by atoms with Crippen LogP contribution in [0.3, 0.4) is 0 Å². The summed E-state index contributed by atoms with van der Waals surface area (Å²) in [5, 5.41) is 10.0. The van der Waals surface area contributed by atoms with Gasteiger partial charge in [0.1, 0.15) is 0 Å². The van der Waals surface area contributed by atoms with Crippen LogP contribution in [0.1, 0.15) is 31.7 Å². The van der Waals surface area contributed by atoms with Gasteiger partial charge < -0.3 is 10.0 Å². The molecule has 0 radical (unpaired) electrons. The van der Waals surface area contributed by atoms with Gasteiger partial charge in [0, 0.05) is 25.5 Å². The average molecular weight is 234 g/mol. The first kappa shape index (κ1) is 12.5. The lowest BCUT2D eigenvalue weighted by molar-refractivity contribution is 0.0447. The Kier molecular flexibility index (Phi) is 4.13. The summed E-state index contributed by atoms with van der Waals surface area (Å²) in [6.45, 7) is 5.14. The van der Waals surface area contributed by atoms with E-state index in [0.29, 0.717) is 0 Å². The molecule has 1 unspecified atom stereocenters. The molecule has 0 saturated carbocycles. The third-order valence-electron chi connectivity index (χ3n) is 3.60. The zero-order valence-corrected chi connectivity index (χ0v) is 10.6. The Balaban J connectivity index is 1.80. The minimum absolute atomic E-state index is 0.455. The Hall–Kier alpha value is -0.930. The molecular formula is C14H22N2O. The Morgan fingerprint density at radius 2 is 2.29 bits per heavy atom. The van der Waals surface area contributed by atoms with Gasteiger partial charge in [-0.25, -0.2) is 0 Å². The molecule has 1 aromatic rings. The topological polar surface area (TPSA) is 36.4 Å². The highest BCUT2D eigenvalue weighted by atomic mass is 16.3. The highest BCUT2D eigenvalue weighted by molar-refractivity contribution is 5.08. The molecule has 0 aliphatic carbocycles. The number of aliphatic hydroxyl groups is 1. The van der Waals surface area contributed by atoms with Crippen LogP contribution in [-0.2, 0) is 6.42 Å². The molecule has 1 aliphatic heterocycles. The van der Waals surface area contributed by atoms with Gasteiger partial charge in [-0.3, -0.25) is 4.98 Å². The monoisotopic (exact) mass is 234 g/mol. The summed E-state index contributed by atoms with van der Waals surface area (Å²) < 4.78 is 0. The first-order chi connectivity index (χ1) is 8.16.